The Morgan fingerprint density at radius 3 is 2.58 bits per heavy atom. The van der Waals surface area contributed by atoms with Gasteiger partial charge >= 0.3 is 0 Å². The second-order valence-electron chi connectivity index (χ2n) is 3.88. The van der Waals surface area contributed by atoms with Gasteiger partial charge in [-0.15, -0.1) is 0 Å². The Bertz CT molecular complexity index is 480. The first-order chi connectivity index (χ1) is 8.95. The number of hydrogen-bond donors (Lipinski definition) is 1. The van der Waals surface area contributed by atoms with Crippen LogP contribution in [0.1, 0.15) is 0 Å². The van der Waals surface area contributed by atoms with Crippen molar-refractivity contribution in [3.8, 4) is 0 Å². The van der Waals surface area contributed by atoms with E-state index < -0.39 is 10.0 Å². The van der Waals surface area contributed by atoms with Crippen LogP contribution in [0.2, 0.25) is 5.28 Å². The van der Waals surface area contributed by atoms with Crippen molar-refractivity contribution in [1.82, 2.24) is 19.6 Å². The highest BCUT2D eigenvalue weighted by molar-refractivity contribution is 7.89. The molecule has 1 N–H and O–H groups in total. The van der Waals surface area contributed by atoms with Gasteiger partial charge in [-0.05, 0) is 18.6 Å². The van der Waals surface area contributed by atoms with E-state index in [-0.39, 0.29) is 10.2 Å². The minimum absolute atomic E-state index is 0.00329. The number of nitrogens with zero attached hydrogens (tertiary/aromatic N) is 3. The van der Waals surface area contributed by atoms with Gasteiger partial charge in [-0.25, -0.2) is 23.1 Å². The van der Waals surface area contributed by atoms with Crippen molar-refractivity contribution in [3.05, 3.63) is 17.7 Å². The van der Waals surface area contributed by atoms with Crippen LogP contribution in [-0.4, -0.2) is 63.7 Å². The number of methoxy groups -OCH3 is 1. The van der Waals surface area contributed by atoms with Crippen LogP contribution in [0.3, 0.4) is 0 Å². The fourth-order valence-corrected chi connectivity index (χ4v) is 2.26. The van der Waals surface area contributed by atoms with Gasteiger partial charge in [0.1, 0.15) is 4.90 Å². The van der Waals surface area contributed by atoms with Gasteiger partial charge in [-0.2, -0.15) is 0 Å². The normalized spacial score (nSPS) is 12.0. The van der Waals surface area contributed by atoms with Gasteiger partial charge in [0.25, 0.3) is 0 Å². The third kappa shape index (κ3) is 5.79. The van der Waals surface area contributed by atoms with Crippen molar-refractivity contribution in [3.63, 3.8) is 0 Å². The van der Waals surface area contributed by atoms with Crippen molar-refractivity contribution >= 4 is 21.6 Å². The van der Waals surface area contributed by atoms with Gasteiger partial charge in [-0.1, -0.05) is 0 Å². The summed E-state index contributed by atoms with van der Waals surface area (Å²) in [6, 6.07) is 0. The molecule has 0 aromatic carbocycles. The molecular weight excluding hydrogens is 292 g/mol. The van der Waals surface area contributed by atoms with Crippen LogP contribution in [0, 0.1) is 0 Å². The number of sulfonamides is 1. The number of rotatable bonds is 8. The summed E-state index contributed by atoms with van der Waals surface area (Å²) in [5.74, 6) is 0. The molecule has 0 fully saturated rings. The minimum atomic E-state index is -3.58. The van der Waals surface area contributed by atoms with Gasteiger partial charge in [-0.3, -0.25) is 0 Å². The Labute approximate surface area is 118 Å². The zero-order valence-electron chi connectivity index (χ0n) is 10.8. The molecule has 0 saturated carbocycles. The molecular formula is C10H17ClN4O3S. The summed E-state index contributed by atoms with van der Waals surface area (Å²) in [7, 11) is -0.0750. The van der Waals surface area contributed by atoms with Crippen LogP contribution in [0.5, 0.6) is 0 Å². The fraction of sp³-hybridized carbons (Fsp3) is 0.600. The number of halogens is 1. The average Bonchev–Trinajstić information content (AvgIpc) is 2.36. The Balaban J connectivity index is 2.45. The topological polar surface area (TPSA) is 84.4 Å². The van der Waals surface area contributed by atoms with Crippen molar-refractivity contribution in [2.24, 2.45) is 0 Å². The molecule has 1 rings (SSSR count). The fourth-order valence-electron chi connectivity index (χ4n) is 1.25. The monoisotopic (exact) mass is 308 g/mol. The Hall–Kier alpha value is -0.800. The summed E-state index contributed by atoms with van der Waals surface area (Å²) < 4.78 is 31.1. The summed E-state index contributed by atoms with van der Waals surface area (Å²) in [6.07, 6.45) is 2.35. The van der Waals surface area contributed by atoms with Crippen LogP contribution in [0.4, 0.5) is 0 Å². The first-order valence-corrected chi connectivity index (χ1v) is 7.46. The number of ether oxygens (including phenoxy) is 1. The highest BCUT2D eigenvalue weighted by Crippen LogP contribution is 2.06. The molecule has 19 heavy (non-hydrogen) atoms. The van der Waals surface area contributed by atoms with Crippen LogP contribution < -0.4 is 4.72 Å². The molecule has 0 bridgehead atoms. The van der Waals surface area contributed by atoms with Gasteiger partial charge < -0.3 is 9.64 Å². The molecule has 0 aliphatic heterocycles. The van der Waals surface area contributed by atoms with Gasteiger partial charge in [0.05, 0.1) is 19.0 Å². The maximum Gasteiger partial charge on any atom is 0.243 e. The maximum absolute atomic E-state index is 11.9. The van der Waals surface area contributed by atoms with E-state index >= 15 is 0 Å². The third-order valence-corrected chi connectivity index (χ3v) is 3.98. The maximum atomic E-state index is 11.9. The van der Waals surface area contributed by atoms with Crippen molar-refractivity contribution in [2.45, 2.75) is 4.90 Å². The summed E-state index contributed by atoms with van der Waals surface area (Å²) in [4.78, 5) is 9.23. The Morgan fingerprint density at radius 1 is 1.37 bits per heavy atom. The molecule has 0 unspecified atom stereocenters. The second-order valence-corrected chi connectivity index (χ2v) is 5.99. The Morgan fingerprint density at radius 2 is 2.00 bits per heavy atom. The van der Waals surface area contributed by atoms with E-state index in [4.69, 9.17) is 16.3 Å². The van der Waals surface area contributed by atoms with E-state index in [0.717, 1.165) is 6.54 Å². The number of hydrogen-bond acceptors (Lipinski definition) is 6. The molecule has 0 saturated heterocycles. The van der Waals surface area contributed by atoms with Gasteiger partial charge in [0, 0.05) is 26.7 Å². The molecule has 1 aromatic rings. The lowest BCUT2D eigenvalue weighted by Crippen LogP contribution is -2.34. The van der Waals surface area contributed by atoms with E-state index in [1.54, 1.807) is 7.11 Å². The number of aromatic nitrogens is 2. The molecule has 0 aliphatic rings. The zero-order valence-corrected chi connectivity index (χ0v) is 12.4. The Kier molecular flexibility index (Phi) is 6.59. The molecule has 108 valence electrons. The molecule has 0 amide bonds. The molecule has 0 radical (unpaired) electrons. The largest absolute Gasteiger partial charge is 0.383 e. The highest BCUT2D eigenvalue weighted by Gasteiger charge is 2.14. The summed E-state index contributed by atoms with van der Waals surface area (Å²) in [5.41, 5.74) is 0. The molecule has 1 heterocycles. The van der Waals surface area contributed by atoms with Gasteiger partial charge in [0.2, 0.25) is 15.3 Å². The van der Waals surface area contributed by atoms with Crippen molar-refractivity contribution in [2.75, 3.05) is 40.4 Å². The van der Waals surface area contributed by atoms with E-state index in [0.29, 0.717) is 19.7 Å². The first-order valence-electron chi connectivity index (χ1n) is 5.60. The SMILES string of the molecule is COCCN(C)CCNS(=O)(=O)c1cnc(Cl)nc1. The van der Waals surface area contributed by atoms with Crippen LogP contribution in [-0.2, 0) is 14.8 Å². The quantitative estimate of drug-likeness (QED) is 0.680. The van der Waals surface area contributed by atoms with E-state index in [2.05, 4.69) is 14.7 Å². The number of likely N-dealkylation sites (N-methyl/N-ethyl adjacent to an activating group) is 1. The molecule has 9 heteroatoms. The predicted octanol–water partition coefficient (Wildman–Crippen LogP) is -0.0135. The molecule has 0 spiro atoms. The molecule has 0 aliphatic carbocycles. The summed E-state index contributed by atoms with van der Waals surface area (Å²) >= 11 is 5.50. The molecule has 1 aromatic heterocycles. The van der Waals surface area contributed by atoms with Crippen LogP contribution in [0.15, 0.2) is 17.3 Å². The predicted molar refractivity (Wildman–Crippen MR) is 71.6 cm³/mol. The number of nitrogens with one attached hydrogen (secondary N) is 1. The lowest BCUT2D eigenvalue weighted by Gasteiger charge is -2.16. The van der Waals surface area contributed by atoms with E-state index in [1.165, 1.54) is 12.4 Å². The molecule has 0 atom stereocenters. The van der Waals surface area contributed by atoms with Crippen LogP contribution >= 0.6 is 11.6 Å². The lowest BCUT2D eigenvalue weighted by molar-refractivity contribution is 0.162. The van der Waals surface area contributed by atoms with Crippen molar-refractivity contribution < 1.29 is 13.2 Å². The van der Waals surface area contributed by atoms with Crippen molar-refractivity contribution in [1.29, 1.82) is 0 Å². The lowest BCUT2D eigenvalue weighted by atomic mass is 10.5. The highest BCUT2D eigenvalue weighted by atomic mass is 35.5. The smallest absolute Gasteiger partial charge is 0.243 e. The summed E-state index contributed by atoms with van der Waals surface area (Å²) in [6.45, 7) is 2.22. The van der Waals surface area contributed by atoms with Gasteiger partial charge in [0.15, 0.2) is 0 Å². The van der Waals surface area contributed by atoms with Crippen LogP contribution in [0.25, 0.3) is 0 Å². The average molecular weight is 309 g/mol. The first kappa shape index (κ1) is 16.3. The van der Waals surface area contributed by atoms with E-state index in [1.807, 2.05) is 11.9 Å². The second kappa shape index (κ2) is 7.71. The van der Waals surface area contributed by atoms with E-state index in [9.17, 15) is 8.42 Å². The molecule has 7 nitrogen and oxygen atoms in total. The standard InChI is InChI=1S/C10H17ClN4O3S/c1-15(5-6-18-2)4-3-14-19(16,17)9-7-12-10(11)13-8-9/h7-8,14H,3-6H2,1-2H3. The summed E-state index contributed by atoms with van der Waals surface area (Å²) in [5, 5.41) is 0.0123. The minimum Gasteiger partial charge on any atom is -0.383 e. The third-order valence-electron chi connectivity index (χ3n) is 2.37. The zero-order chi connectivity index (χ0) is 14.3.